The van der Waals surface area contributed by atoms with Gasteiger partial charge in [0.05, 0.1) is 35.8 Å². The van der Waals surface area contributed by atoms with E-state index in [1.807, 2.05) is 60.4 Å². The average molecular weight is 405 g/mol. The topological polar surface area (TPSA) is 69.0 Å². The molecule has 2 heterocycles. The van der Waals surface area contributed by atoms with Crippen LogP contribution >= 0.6 is 0 Å². The Balaban J connectivity index is 1.45. The molecule has 1 aromatic carbocycles. The summed E-state index contributed by atoms with van der Waals surface area (Å²) in [6.07, 6.45) is 8.34. The molecule has 3 aromatic rings. The zero-order valence-corrected chi connectivity index (χ0v) is 17.5. The van der Waals surface area contributed by atoms with Crippen LogP contribution in [0.5, 0.6) is 0 Å². The van der Waals surface area contributed by atoms with Crippen LogP contribution in [0, 0.1) is 0 Å². The van der Waals surface area contributed by atoms with Gasteiger partial charge in [0.2, 0.25) is 0 Å². The van der Waals surface area contributed by atoms with Crippen LogP contribution < -0.4 is 5.32 Å². The fourth-order valence-corrected chi connectivity index (χ4v) is 3.55. The molecule has 1 N–H and O–H groups in total. The quantitative estimate of drug-likeness (QED) is 0.492. The summed E-state index contributed by atoms with van der Waals surface area (Å²) in [5.74, 6) is 1.17. The number of carbonyl (C=O) groups excluding carboxylic acids is 1. The molecule has 6 heteroatoms. The van der Waals surface area contributed by atoms with Crippen LogP contribution in [0.2, 0.25) is 0 Å². The fourth-order valence-electron chi connectivity index (χ4n) is 3.55. The Hall–Kier alpha value is -3.15. The van der Waals surface area contributed by atoms with Crippen molar-refractivity contribution in [2.75, 3.05) is 11.9 Å². The van der Waals surface area contributed by atoms with Crippen LogP contribution in [0.4, 0.5) is 5.69 Å². The highest BCUT2D eigenvalue weighted by atomic mass is 16.5. The molecule has 1 saturated carbocycles. The summed E-state index contributed by atoms with van der Waals surface area (Å²) in [6, 6.07) is 13.9. The van der Waals surface area contributed by atoms with E-state index in [-0.39, 0.29) is 12.0 Å². The molecule has 1 aliphatic carbocycles. The van der Waals surface area contributed by atoms with Crippen LogP contribution in [0.3, 0.4) is 0 Å². The summed E-state index contributed by atoms with van der Waals surface area (Å²) in [4.78, 5) is 16.5. The summed E-state index contributed by atoms with van der Waals surface area (Å²) in [7, 11) is 0. The highest BCUT2D eigenvalue weighted by molar-refractivity contribution is 5.89. The molecule has 2 aromatic heterocycles. The van der Waals surface area contributed by atoms with Crippen molar-refractivity contribution in [3.8, 4) is 5.82 Å². The summed E-state index contributed by atoms with van der Waals surface area (Å²) in [5.41, 5.74) is 3.83. The summed E-state index contributed by atoms with van der Waals surface area (Å²) < 4.78 is 6.91. The second kappa shape index (κ2) is 9.11. The van der Waals surface area contributed by atoms with Gasteiger partial charge in [-0.05, 0) is 62.1 Å². The van der Waals surface area contributed by atoms with Gasteiger partial charge in [0.1, 0.15) is 0 Å². The number of nitrogens with one attached hydrogen (secondary N) is 1. The van der Waals surface area contributed by atoms with Crippen molar-refractivity contribution in [3.05, 3.63) is 71.7 Å². The van der Waals surface area contributed by atoms with Gasteiger partial charge in [0.25, 0.3) is 0 Å². The van der Waals surface area contributed by atoms with Gasteiger partial charge in [-0.25, -0.2) is 14.5 Å². The number of nitrogens with zero attached hydrogens (tertiary/aromatic N) is 3. The highest BCUT2D eigenvalue weighted by Crippen LogP contribution is 2.39. The van der Waals surface area contributed by atoms with Gasteiger partial charge in [-0.3, -0.25) is 0 Å². The van der Waals surface area contributed by atoms with E-state index < -0.39 is 0 Å². The third-order valence-electron chi connectivity index (χ3n) is 5.33. The van der Waals surface area contributed by atoms with Crippen LogP contribution in [-0.2, 0) is 4.74 Å². The third-order valence-corrected chi connectivity index (χ3v) is 5.33. The number of rotatable bonds is 9. The predicted octanol–water partition coefficient (Wildman–Crippen LogP) is 5.27. The van der Waals surface area contributed by atoms with Crippen LogP contribution in [0.15, 0.2) is 54.9 Å². The molecule has 0 bridgehead atoms. The van der Waals surface area contributed by atoms with Gasteiger partial charge in [-0.2, -0.15) is 5.10 Å². The first-order chi connectivity index (χ1) is 14.7. The average Bonchev–Trinajstić information content (AvgIpc) is 3.51. The Morgan fingerprint density at radius 1 is 1.17 bits per heavy atom. The van der Waals surface area contributed by atoms with E-state index in [1.165, 1.54) is 12.8 Å². The summed E-state index contributed by atoms with van der Waals surface area (Å²) in [5, 5.41) is 8.22. The van der Waals surface area contributed by atoms with Gasteiger partial charge in [-0.15, -0.1) is 0 Å². The van der Waals surface area contributed by atoms with E-state index in [0.29, 0.717) is 18.1 Å². The smallest absolute Gasteiger partial charge is 0.338 e. The molecular formula is C24H28N4O2. The number of hydrogen-bond donors (Lipinski definition) is 1. The van der Waals surface area contributed by atoms with Crippen molar-refractivity contribution in [1.29, 1.82) is 0 Å². The first kappa shape index (κ1) is 20.1. The van der Waals surface area contributed by atoms with E-state index in [0.717, 1.165) is 35.6 Å². The second-order valence-corrected chi connectivity index (χ2v) is 7.69. The number of aromatic nitrogens is 3. The van der Waals surface area contributed by atoms with Gasteiger partial charge < -0.3 is 10.1 Å². The van der Waals surface area contributed by atoms with Gasteiger partial charge >= 0.3 is 5.97 Å². The minimum Gasteiger partial charge on any atom is -0.462 e. The number of ether oxygens (including phenoxy) is 1. The highest BCUT2D eigenvalue weighted by Gasteiger charge is 2.26. The predicted molar refractivity (Wildman–Crippen MR) is 117 cm³/mol. The Morgan fingerprint density at radius 2 is 1.97 bits per heavy atom. The molecule has 1 fully saturated rings. The first-order valence-electron chi connectivity index (χ1n) is 10.7. The monoisotopic (exact) mass is 404 g/mol. The van der Waals surface area contributed by atoms with Crippen molar-refractivity contribution in [2.45, 2.75) is 51.5 Å². The minimum absolute atomic E-state index is 0.144. The molecule has 1 atom stereocenters. The van der Waals surface area contributed by atoms with E-state index >= 15 is 0 Å². The molecule has 0 amide bonds. The van der Waals surface area contributed by atoms with Gasteiger partial charge in [0.15, 0.2) is 5.82 Å². The first-order valence-corrected chi connectivity index (χ1v) is 10.7. The van der Waals surface area contributed by atoms with E-state index in [4.69, 9.17) is 4.74 Å². The molecule has 0 saturated heterocycles. The van der Waals surface area contributed by atoms with Crippen molar-refractivity contribution in [1.82, 2.24) is 14.8 Å². The van der Waals surface area contributed by atoms with Gasteiger partial charge in [-0.1, -0.05) is 25.5 Å². The van der Waals surface area contributed by atoms with Crippen LogP contribution in [0.1, 0.15) is 73.1 Å². The lowest BCUT2D eigenvalue weighted by Gasteiger charge is -2.20. The lowest BCUT2D eigenvalue weighted by molar-refractivity contribution is 0.0526. The fraction of sp³-hybridized carbons (Fsp3) is 0.375. The molecule has 0 spiro atoms. The van der Waals surface area contributed by atoms with Crippen molar-refractivity contribution < 1.29 is 9.53 Å². The molecular weight excluding hydrogens is 376 g/mol. The SMILES string of the molecule is CCCC(Nc1ccc(-n2ccc(C3CC3)n2)nc1)c1ccc(C(=O)OCC)cc1. The molecule has 30 heavy (non-hydrogen) atoms. The lowest BCUT2D eigenvalue weighted by Crippen LogP contribution is -2.12. The molecule has 1 aliphatic rings. The second-order valence-electron chi connectivity index (χ2n) is 7.69. The summed E-state index contributed by atoms with van der Waals surface area (Å²) in [6.45, 7) is 4.35. The van der Waals surface area contributed by atoms with E-state index in [9.17, 15) is 4.79 Å². The zero-order chi connectivity index (χ0) is 20.9. The number of hydrogen-bond acceptors (Lipinski definition) is 5. The minimum atomic E-state index is -0.285. The van der Waals surface area contributed by atoms with E-state index in [1.54, 1.807) is 0 Å². The van der Waals surface area contributed by atoms with Crippen molar-refractivity contribution in [2.24, 2.45) is 0 Å². The molecule has 1 unspecified atom stereocenters. The number of carbonyl (C=O) groups is 1. The molecule has 6 nitrogen and oxygen atoms in total. The maximum Gasteiger partial charge on any atom is 0.338 e. The summed E-state index contributed by atoms with van der Waals surface area (Å²) >= 11 is 0. The number of anilines is 1. The molecule has 156 valence electrons. The lowest BCUT2D eigenvalue weighted by atomic mass is 10.0. The Kier molecular flexibility index (Phi) is 6.12. The number of benzene rings is 1. The van der Waals surface area contributed by atoms with E-state index in [2.05, 4.69) is 28.4 Å². The Bertz CT molecular complexity index is 975. The van der Waals surface area contributed by atoms with Gasteiger partial charge in [0, 0.05) is 12.1 Å². The maximum absolute atomic E-state index is 11.9. The third kappa shape index (κ3) is 4.70. The van der Waals surface area contributed by atoms with Crippen LogP contribution in [-0.4, -0.2) is 27.3 Å². The van der Waals surface area contributed by atoms with Crippen molar-refractivity contribution >= 4 is 11.7 Å². The largest absolute Gasteiger partial charge is 0.462 e. The Morgan fingerprint density at radius 3 is 2.60 bits per heavy atom. The van der Waals surface area contributed by atoms with Crippen LogP contribution in [0.25, 0.3) is 5.82 Å². The normalized spacial score (nSPS) is 14.3. The molecule has 0 radical (unpaired) electrons. The molecule has 0 aliphatic heterocycles. The Labute approximate surface area is 177 Å². The standard InChI is InChI=1S/C24H28N4O2/c1-3-5-21(17-8-10-19(11-9-17)24(29)30-4-2)26-20-12-13-23(25-16-20)28-15-14-22(27-28)18-6-7-18/h8-16,18,21,26H,3-7H2,1-2H3. The number of esters is 1. The zero-order valence-electron chi connectivity index (χ0n) is 17.5. The van der Waals surface area contributed by atoms with Crippen molar-refractivity contribution in [3.63, 3.8) is 0 Å². The number of pyridine rings is 1. The maximum atomic E-state index is 11.9. The molecule has 4 rings (SSSR count).